The van der Waals surface area contributed by atoms with Crippen LogP contribution in [0.1, 0.15) is 36.8 Å². The molecule has 1 heterocycles. The second-order valence-corrected chi connectivity index (χ2v) is 8.50. The number of thiophene rings is 1. The molecule has 0 saturated carbocycles. The van der Waals surface area contributed by atoms with Gasteiger partial charge in [-0.05, 0) is 47.0 Å². The van der Waals surface area contributed by atoms with Crippen LogP contribution < -0.4 is 5.32 Å². The molecule has 0 aliphatic carbocycles. The molecule has 0 spiro atoms. The third-order valence-electron chi connectivity index (χ3n) is 3.52. The van der Waals surface area contributed by atoms with Crippen molar-refractivity contribution in [3.8, 4) is 0 Å². The van der Waals surface area contributed by atoms with Gasteiger partial charge in [-0.25, -0.2) is 0 Å². The highest BCUT2D eigenvalue weighted by molar-refractivity contribution is 7.99. The summed E-state index contributed by atoms with van der Waals surface area (Å²) in [6, 6.07) is 11.2. The summed E-state index contributed by atoms with van der Waals surface area (Å²) in [5.41, 5.74) is 3.04. The van der Waals surface area contributed by atoms with Gasteiger partial charge in [-0.3, -0.25) is 0 Å². The average Bonchev–Trinajstić information content (AvgIpc) is 2.84. The van der Waals surface area contributed by atoms with Crippen LogP contribution in [0.2, 0.25) is 0 Å². The molecule has 114 valence electrons. The zero-order valence-electron chi connectivity index (χ0n) is 13.4. The number of hydrogen-bond acceptors (Lipinski definition) is 3. The lowest BCUT2D eigenvalue weighted by atomic mass is 9.87. The maximum absolute atomic E-state index is 3.52. The fourth-order valence-corrected chi connectivity index (χ4v) is 3.77. The largest absolute Gasteiger partial charge is 0.311 e. The van der Waals surface area contributed by atoms with Crippen molar-refractivity contribution in [2.24, 2.45) is 0 Å². The van der Waals surface area contributed by atoms with Crippen molar-refractivity contribution in [3.63, 3.8) is 0 Å². The first-order valence-corrected chi connectivity index (χ1v) is 9.30. The quantitative estimate of drug-likeness (QED) is 0.577. The summed E-state index contributed by atoms with van der Waals surface area (Å²) in [4.78, 5) is 2.81. The van der Waals surface area contributed by atoms with Gasteiger partial charge in [0, 0.05) is 28.6 Å². The Hall–Kier alpha value is -0.770. The lowest BCUT2D eigenvalue weighted by Gasteiger charge is -2.19. The maximum Gasteiger partial charge on any atom is 0.0302 e. The molecule has 1 aromatic heterocycles. The van der Waals surface area contributed by atoms with Crippen LogP contribution in [0.3, 0.4) is 0 Å². The van der Waals surface area contributed by atoms with E-state index in [0.29, 0.717) is 0 Å². The van der Waals surface area contributed by atoms with Gasteiger partial charge in [-0.1, -0.05) is 32.9 Å². The monoisotopic (exact) mass is 319 g/mol. The van der Waals surface area contributed by atoms with Crippen molar-refractivity contribution in [3.05, 3.63) is 51.7 Å². The van der Waals surface area contributed by atoms with Crippen LogP contribution in [0.5, 0.6) is 0 Å². The third kappa shape index (κ3) is 5.17. The number of hydrogen-bond donors (Lipinski definition) is 1. The maximum atomic E-state index is 3.52. The minimum absolute atomic E-state index is 0.239. The molecule has 1 aromatic carbocycles. The lowest BCUT2D eigenvalue weighted by molar-refractivity contribution is 0.590. The molecule has 0 amide bonds. The van der Waals surface area contributed by atoms with E-state index >= 15 is 0 Å². The van der Waals surface area contributed by atoms with Crippen LogP contribution in [0.15, 0.2) is 40.6 Å². The van der Waals surface area contributed by atoms with Gasteiger partial charge in [-0.15, -0.1) is 23.1 Å². The minimum Gasteiger partial charge on any atom is -0.311 e. The summed E-state index contributed by atoms with van der Waals surface area (Å²) < 4.78 is 0. The van der Waals surface area contributed by atoms with Gasteiger partial charge in [0.2, 0.25) is 0 Å². The molecule has 2 rings (SSSR count). The third-order valence-corrected chi connectivity index (χ3v) is 5.56. The molecular formula is C18H25NS2. The van der Waals surface area contributed by atoms with Gasteiger partial charge in [0.05, 0.1) is 0 Å². The van der Waals surface area contributed by atoms with E-state index in [1.165, 1.54) is 20.9 Å². The Morgan fingerprint density at radius 1 is 1.10 bits per heavy atom. The zero-order valence-corrected chi connectivity index (χ0v) is 15.0. The number of aryl methyl sites for hydroxylation is 1. The molecule has 0 bridgehead atoms. The number of benzene rings is 1. The highest BCUT2D eigenvalue weighted by atomic mass is 32.2. The second-order valence-electron chi connectivity index (χ2n) is 6.33. The first-order valence-electron chi connectivity index (χ1n) is 7.44. The minimum atomic E-state index is 0.239. The van der Waals surface area contributed by atoms with E-state index in [1.807, 2.05) is 23.1 Å². The first-order chi connectivity index (χ1) is 9.97. The predicted octanol–water partition coefficient (Wildman–Crippen LogP) is 5.24. The van der Waals surface area contributed by atoms with Crippen LogP contribution in [-0.4, -0.2) is 12.3 Å². The van der Waals surface area contributed by atoms with Crippen LogP contribution in [-0.2, 0) is 12.0 Å². The van der Waals surface area contributed by atoms with Gasteiger partial charge in [0.1, 0.15) is 0 Å². The van der Waals surface area contributed by atoms with Crippen LogP contribution in [0.25, 0.3) is 0 Å². The second kappa shape index (κ2) is 7.48. The molecule has 1 nitrogen and oxygen atoms in total. The normalized spacial score (nSPS) is 11.8. The summed E-state index contributed by atoms with van der Waals surface area (Å²) in [5.74, 6) is 1.11. The van der Waals surface area contributed by atoms with E-state index in [0.717, 1.165) is 18.8 Å². The summed E-state index contributed by atoms with van der Waals surface area (Å²) in [5, 5.41) is 5.69. The molecule has 2 aromatic rings. The van der Waals surface area contributed by atoms with Crippen molar-refractivity contribution >= 4 is 23.1 Å². The number of thioether (sulfide) groups is 1. The molecule has 0 atom stereocenters. The van der Waals surface area contributed by atoms with Gasteiger partial charge >= 0.3 is 0 Å². The molecule has 0 aliphatic heterocycles. The Labute approximate surface area is 137 Å². The van der Waals surface area contributed by atoms with Gasteiger partial charge in [-0.2, -0.15) is 0 Å². The lowest BCUT2D eigenvalue weighted by Crippen LogP contribution is -2.16. The predicted molar refractivity (Wildman–Crippen MR) is 96.6 cm³/mol. The van der Waals surface area contributed by atoms with Gasteiger partial charge in [0.25, 0.3) is 0 Å². The molecular weight excluding hydrogens is 294 g/mol. The average molecular weight is 320 g/mol. The summed E-state index contributed by atoms with van der Waals surface area (Å²) in [6.07, 6.45) is 0. The highest BCUT2D eigenvalue weighted by Crippen LogP contribution is 2.25. The van der Waals surface area contributed by atoms with E-state index in [1.54, 1.807) is 0 Å². The standard InChI is InChI=1S/C18H25NS2/c1-14-9-11-21-17(14)13-19-10-12-20-16-7-5-15(6-8-16)18(2,3)4/h5-9,11,19H,10,12-13H2,1-4H3. The molecule has 1 N–H and O–H groups in total. The summed E-state index contributed by atoms with van der Waals surface area (Å²) in [6.45, 7) is 11.0. The molecule has 0 radical (unpaired) electrons. The van der Waals surface area contributed by atoms with Crippen molar-refractivity contribution in [2.45, 2.75) is 44.6 Å². The molecule has 0 fully saturated rings. The topological polar surface area (TPSA) is 12.0 Å². The van der Waals surface area contributed by atoms with Crippen LogP contribution in [0.4, 0.5) is 0 Å². The van der Waals surface area contributed by atoms with E-state index in [-0.39, 0.29) is 5.41 Å². The fourth-order valence-electron chi connectivity index (χ4n) is 2.08. The Bertz CT molecular complexity index is 549. The van der Waals surface area contributed by atoms with E-state index in [2.05, 4.69) is 68.7 Å². The zero-order chi connectivity index (χ0) is 15.3. The van der Waals surface area contributed by atoms with E-state index in [9.17, 15) is 0 Å². The first kappa shape index (κ1) is 16.6. The number of rotatable bonds is 6. The van der Waals surface area contributed by atoms with Gasteiger partial charge in [0.15, 0.2) is 0 Å². The highest BCUT2D eigenvalue weighted by Gasteiger charge is 2.12. The van der Waals surface area contributed by atoms with Gasteiger partial charge < -0.3 is 5.32 Å². The molecule has 0 saturated heterocycles. The van der Waals surface area contributed by atoms with E-state index in [4.69, 9.17) is 0 Å². The van der Waals surface area contributed by atoms with Crippen molar-refractivity contribution in [1.29, 1.82) is 0 Å². The molecule has 0 aliphatic rings. The Balaban J connectivity index is 1.70. The van der Waals surface area contributed by atoms with E-state index < -0.39 is 0 Å². The van der Waals surface area contributed by atoms with Crippen molar-refractivity contribution < 1.29 is 0 Å². The molecule has 0 unspecified atom stereocenters. The van der Waals surface area contributed by atoms with Crippen LogP contribution in [0, 0.1) is 6.92 Å². The Morgan fingerprint density at radius 2 is 1.81 bits per heavy atom. The Kier molecular flexibility index (Phi) is 5.91. The SMILES string of the molecule is Cc1ccsc1CNCCSc1ccc(C(C)(C)C)cc1. The number of nitrogens with one attached hydrogen (secondary N) is 1. The molecule has 21 heavy (non-hydrogen) atoms. The fraction of sp³-hybridized carbons (Fsp3) is 0.444. The smallest absolute Gasteiger partial charge is 0.0302 e. The summed E-state index contributed by atoms with van der Waals surface area (Å²) in [7, 11) is 0. The summed E-state index contributed by atoms with van der Waals surface area (Å²) >= 11 is 3.76. The van der Waals surface area contributed by atoms with Crippen LogP contribution >= 0.6 is 23.1 Å². The van der Waals surface area contributed by atoms with Crippen molar-refractivity contribution in [1.82, 2.24) is 5.32 Å². The van der Waals surface area contributed by atoms with Crippen molar-refractivity contribution in [2.75, 3.05) is 12.3 Å². The Morgan fingerprint density at radius 3 is 2.38 bits per heavy atom. The molecule has 3 heteroatoms.